The van der Waals surface area contributed by atoms with Crippen LogP contribution in [-0.4, -0.2) is 48.5 Å². The smallest absolute Gasteiger partial charge is 0.223 e. The number of pyridine rings is 1. The molecule has 2 N–H and O–H groups in total. The van der Waals surface area contributed by atoms with Crippen LogP contribution in [0.25, 0.3) is 17.0 Å². The second-order valence-electron chi connectivity index (χ2n) is 11.0. The van der Waals surface area contributed by atoms with Crippen LogP contribution >= 0.6 is 0 Å². The number of imidazole rings is 1. The van der Waals surface area contributed by atoms with Gasteiger partial charge in [0, 0.05) is 11.7 Å². The summed E-state index contributed by atoms with van der Waals surface area (Å²) < 4.78 is 2.02. The molecule has 0 bridgehead atoms. The molecule has 0 spiro atoms. The predicted octanol–water partition coefficient (Wildman–Crippen LogP) is 5.23. The van der Waals surface area contributed by atoms with Crippen molar-refractivity contribution in [2.24, 2.45) is 0 Å². The van der Waals surface area contributed by atoms with Crippen LogP contribution in [0.3, 0.4) is 0 Å². The molecule has 0 amide bonds. The number of rotatable bonds is 7. The second kappa shape index (κ2) is 9.50. The maximum absolute atomic E-state index is 11.1. The number of benzene rings is 1. The fourth-order valence-electron chi connectivity index (χ4n) is 5.72. The molecule has 6 rings (SSSR count). The maximum Gasteiger partial charge on any atom is 0.223 e. The molecule has 2 aliphatic rings. The van der Waals surface area contributed by atoms with Crippen molar-refractivity contribution in [1.82, 2.24) is 24.3 Å². The van der Waals surface area contributed by atoms with Gasteiger partial charge in [0.25, 0.3) is 0 Å². The summed E-state index contributed by atoms with van der Waals surface area (Å²) in [7, 11) is 2.08. The summed E-state index contributed by atoms with van der Waals surface area (Å²) in [5, 5.41) is 24.3. The molecular formula is C30H33N7O. The number of anilines is 1. The minimum atomic E-state index is -0.539. The van der Waals surface area contributed by atoms with Crippen molar-refractivity contribution in [1.29, 1.82) is 5.26 Å². The first-order chi connectivity index (χ1) is 18.4. The fraction of sp³-hybridized carbons (Fsp3) is 0.400. The molecule has 1 aliphatic carbocycles. The molecule has 2 fully saturated rings. The van der Waals surface area contributed by atoms with E-state index >= 15 is 0 Å². The lowest BCUT2D eigenvalue weighted by Crippen LogP contribution is -2.43. The molecule has 3 atom stereocenters. The molecule has 4 aromatic rings. The van der Waals surface area contributed by atoms with E-state index in [-0.39, 0.29) is 11.6 Å². The van der Waals surface area contributed by atoms with Crippen LogP contribution in [0.2, 0.25) is 0 Å². The van der Waals surface area contributed by atoms with E-state index < -0.39 is 6.10 Å². The number of aliphatic hydroxyl groups excluding tert-OH is 1. The lowest BCUT2D eigenvalue weighted by molar-refractivity contribution is 0.0158. The number of nitriles is 1. The van der Waals surface area contributed by atoms with Crippen LogP contribution in [0.1, 0.15) is 79.8 Å². The van der Waals surface area contributed by atoms with E-state index in [0.29, 0.717) is 23.1 Å². The van der Waals surface area contributed by atoms with Gasteiger partial charge in [-0.25, -0.2) is 15.0 Å². The normalized spacial score (nSPS) is 21.3. The van der Waals surface area contributed by atoms with E-state index in [1.807, 2.05) is 40.9 Å². The first-order valence-electron chi connectivity index (χ1n) is 13.4. The zero-order valence-corrected chi connectivity index (χ0v) is 22.1. The minimum absolute atomic E-state index is 0.0737. The zero-order valence-electron chi connectivity index (χ0n) is 22.1. The summed E-state index contributed by atoms with van der Waals surface area (Å²) in [5.41, 5.74) is 5.67. The molecule has 4 heterocycles. The van der Waals surface area contributed by atoms with Crippen LogP contribution in [0, 0.1) is 11.3 Å². The van der Waals surface area contributed by atoms with Gasteiger partial charge in [-0.2, -0.15) is 5.26 Å². The summed E-state index contributed by atoms with van der Waals surface area (Å²) in [5.74, 6) is 1.02. The Labute approximate surface area is 223 Å². The largest absolute Gasteiger partial charge is 0.386 e. The molecule has 194 valence electrons. The monoisotopic (exact) mass is 507 g/mol. The minimum Gasteiger partial charge on any atom is -0.386 e. The third-order valence-corrected chi connectivity index (χ3v) is 8.47. The number of hydrogen-bond acceptors (Lipinski definition) is 7. The van der Waals surface area contributed by atoms with Crippen LogP contribution in [0.15, 0.2) is 55.0 Å². The van der Waals surface area contributed by atoms with E-state index in [1.54, 1.807) is 12.4 Å². The van der Waals surface area contributed by atoms with Crippen LogP contribution in [0.4, 0.5) is 5.95 Å². The fourth-order valence-corrected chi connectivity index (χ4v) is 5.72. The highest BCUT2D eigenvalue weighted by molar-refractivity contribution is 5.68. The number of aliphatic hydroxyl groups is 1. The number of nitrogens with one attached hydrogen (secondary N) is 1. The van der Waals surface area contributed by atoms with Gasteiger partial charge in [-0.3, -0.25) is 9.30 Å². The highest BCUT2D eigenvalue weighted by atomic mass is 16.3. The lowest BCUT2D eigenvalue weighted by Gasteiger charge is -2.37. The average Bonchev–Trinajstić information content (AvgIpc) is 3.60. The SMILES string of the molecule is C[C@H](Nc1ncc(C#N)c(-c2cnc3c(C4CC4)cccn23)n1)c1ccc([C@H](O)[C@@]2(C)CCCN2C)cc1. The topological polar surface area (TPSA) is 102 Å². The Morgan fingerprint density at radius 3 is 2.58 bits per heavy atom. The van der Waals surface area contributed by atoms with Crippen molar-refractivity contribution in [3.8, 4) is 17.5 Å². The highest BCUT2D eigenvalue weighted by Crippen LogP contribution is 2.42. The van der Waals surface area contributed by atoms with E-state index in [1.165, 1.54) is 18.4 Å². The molecule has 1 saturated carbocycles. The number of fused-ring (bicyclic) bond motifs is 1. The molecular weight excluding hydrogens is 474 g/mol. The van der Waals surface area contributed by atoms with Crippen molar-refractivity contribution in [3.63, 3.8) is 0 Å². The van der Waals surface area contributed by atoms with Gasteiger partial charge in [-0.05, 0) is 81.8 Å². The highest BCUT2D eigenvalue weighted by Gasteiger charge is 2.41. The Bertz CT molecular complexity index is 1520. The molecule has 1 saturated heterocycles. The van der Waals surface area contributed by atoms with Crippen LogP contribution in [-0.2, 0) is 0 Å². The predicted molar refractivity (Wildman–Crippen MR) is 147 cm³/mol. The summed E-state index contributed by atoms with van der Waals surface area (Å²) in [6.45, 7) is 5.20. The van der Waals surface area contributed by atoms with Crippen molar-refractivity contribution >= 4 is 11.6 Å². The Morgan fingerprint density at radius 2 is 1.89 bits per heavy atom. The first kappa shape index (κ1) is 24.5. The lowest BCUT2D eigenvalue weighted by atomic mass is 9.86. The number of likely N-dealkylation sites (tertiary alicyclic amines) is 1. The summed E-state index contributed by atoms with van der Waals surface area (Å²) in [4.78, 5) is 16.1. The Hall–Kier alpha value is -3.80. The molecule has 0 unspecified atom stereocenters. The van der Waals surface area contributed by atoms with Gasteiger partial charge in [0.2, 0.25) is 5.95 Å². The van der Waals surface area contributed by atoms with E-state index in [9.17, 15) is 10.4 Å². The third-order valence-electron chi connectivity index (χ3n) is 8.47. The molecule has 1 aliphatic heterocycles. The first-order valence-corrected chi connectivity index (χ1v) is 13.4. The van der Waals surface area contributed by atoms with Gasteiger partial charge in [-0.15, -0.1) is 0 Å². The van der Waals surface area contributed by atoms with Gasteiger partial charge >= 0.3 is 0 Å². The third kappa shape index (κ3) is 4.22. The quantitative estimate of drug-likeness (QED) is 0.353. The van der Waals surface area contributed by atoms with Gasteiger partial charge < -0.3 is 10.4 Å². The van der Waals surface area contributed by atoms with E-state index in [2.05, 4.69) is 53.2 Å². The molecule has 0 radical (unpaired) electrons. The second-order valence-corrected chi connectivity index (χ2v) is 11.0. The molecule has 8 nitrogen and oxygen atoms in total. The molecule has 8 heteroatoms. The van der Waals surface area contributed by atoms with E-state index in [4.69, 9.17) is 4.98 Å². The molecule has 38 heavy (non-hydrogen) atoms. The summed E-state index contributed by atoms with van der Waals surface area (Å²) in [6.07, 6.45) is 9.28. The van der Waals surface area contributed by atoms with Crippen molar-refractivity contribution in [3.05, 3.63) is 77.2 Å². The standard InChI is InChI=1S/C30H33N7O/c1-19(20-7-11-22(12-8-20)27(38)30(2)13-5-14-36(30)3)34-29-33-17-23(16-31)26(35-29)25-18-32-28-24(21-9-10-21)6-4-15-37(25)28/h4,6-8,11-12,15,17-19,21,27,38H,5,9-10,13-14H2,1-3H3,(H,33,34,35)/t19-,27-,30+/m0/s1. The van der Waals surface area contributed by atoms with Gasteiger partial charge in [0.1, 0.15) is 17.4 Å². The molecule has 1 aromatic carbocycles. The Balaban J connectivity index is 1.24. The van der Waals surface area contributed by atoms with Gasteiger partial charge in [0.15, 0.2) is 0 Å². The number of hydrogen-bond donors (Lipinski definition) is 2. The average molecular weight is 508 g/mol. The van der Waals surface area contributed by atoms with E-state index in [0.717, 1.165) is 41.9 Å². The zero-order chi connectivity index (χ0) is 26.4. The van der Waals surface area contributed by atoms with Crippen LogP contribution in [0.5, 0.6) is 0 Å². The van der Waals surface area contributed by atoms with Gasteiger partial charge in [-0.1, -0.05) is 30.3 Å². The Kier molecular flexibility index (Phi) is 6.13. The number of aromatic nitrogens is 4. The molecule has 3 aromatic heterocycles. The maximum atomic E-state index is 11.1. The van der Waals surface area contributed by atoms with Crippen molar-refractivity contribution < 1.29 is 5.11 Å². The Morgan fingerprint density at radius 1 is 1.13 bits per heavy atom. The summed E-state index contributed by atoms with van der Waals surface area (Å²) in [6, 6.07) is 14.4. The van der Waals surface area contributed by atoms with Crippen molar-refractivity contribution in [2.75, 3.05) is 18.9 Å². The van der Waals surface area contributed by atoms with Crippen molar-refractivity contribution in [2.45, 2.75) is 63.1 Å². The number of likely N-dealkylation sites (N-methyl/N-ethyl adjacent to an activating group) is 1. The van der Waals surface area contributed by atoms with Crippen LogP contribution < -0.4 is 5.32 Å². The van der Waals surface area contributed by atoms with Gasteiger partial charge in [0.05, 0.1) is 35.8 Å². The number of nitrogens with zero attached hydrogens (tertiary/aromatic N) is 6. The summed E-state index contributed by atoms with van der Waals surface area (Å²) >= 11 is 0.